The van der Waals surface area contributed by atoms with E-state index in [1.54, 1.807) is 23.9 Å². The summed E-state index contributed by atoms with van der Waals surface area (Å²) in [6.45, 7) is 4.13. The molecule has 0 bridgehead atoms. The van der Waals surface area contributed by atoms with Gasteiger partial charge in [-0.15, -0.1) is 22.1 Å². The predicted molar refractivity (Wildman–Crippen MR) is 92.2 cm³/mol. The molecule has 3 rings (SSSR count). The van der Waals surface area contributed by atoms with E-state index >= 15 is 0 Å². The lowest BCUT2D eigenvalue weighted by Crippen LogP contribution is -2.46. The molecule has 1 saturated heterocycles. The van der Waals surface area contributed by atoms with Gasteiger partial charge in [0.05, 0.1) is 5.71 Å². The molecule has 0 amide bonds. The Hall–Kier alpha value is -0.920. The first kappa shape index (κ1) is 16.5. The van der Waals surface area contributed by atoms with Crippen LogP contribution in [0.3, 0.4) is 0 Å². The summed E-state index contributed by atoms with van der Waals surface area (Å²) in [5.41, 5.74) is 1.85. The molecule has 1 fully saturated rings. The molecule has 4 nitrogen and oxygen atoms in total. The molecule has 2 heterocycles. The van der Waals surface area contributed by atoms with Gasteiger partial charge in [-0.1, -0.05) is 23.9 Å². The van der Waals surface area contributed by atoms with Crippen LogP contribution < -0.4 is 0 Å². The van der Waals surface area contributed by atoms with Crippen molar-refractivity contribution in [3.05, 3.63) is 35.6 Å². The third kappa shape index (κ3) is 4.05. The van der Waals surface area contributed by atoms with Gasteiger partial charge in [0.15, 0.2) is 5.17 Å². The van der Waals surface area contributed by atoms with Gasteiger partial charge in [-0.2, -0.15) is 5.10 Å². The maximum Gasteiger partial charge on any atom is 0.186 e. The van der Waals surface area contributed by atoms with Gasteiger partial charge in [-0.25, -0.2) is 4.39 Å². The number of piperazine rings is 1. The first-order valence-electron chi connectivity index (χ1n) is 6.69. The minimum atomic E-state index is -0.223. The third-order valence-electron chi connectivity index (χ3n) is 3.55. The number of hydrogen-bond acceptors (Lipinski definition) is 5. The summed E-state index contributed by atoms with van der Waals surface area (Å²) >= 11 is 1.71. The highest BCUT2D eigenvalue weighted by Gasteiger charge is 2.21. The first-order valence-corrected chi connectivity index (χ1v) is 7.68. The molecule has 0 N–H and O–H groups in total. The largest absolute Gasteiger partial charge is 0.347 e. The molecule has 0 radical (unpaired) electrons. The molecule has 0 atom stereocenters. The zero-order valence-electron chi connectivity index (χ0n) is 11.8. The second-order valence-corrected chi connectivity index (χ2v) is 5.96. The summed E-state index contributed by atoms with van der Waals surface area (Å²) in [7, 11) is 2.14. The van der Waals surface area contributed by atoms with E-state index in [-0.39, 0.29) is 22.8 Å². The summed E-state index contributed by atoms with van der Waals surface area (Å²) in [4.78, 5) is 4.60. The molecule has 2 aliphatic rings. The van der Waals surface area contributed by atoms with Crippen LogP contribution in [0.1, 0.15) is 5.56 Å². The van der Waals surface area contributed by atoms with E-state index in [4.69, 9.17) is 0 Å². The molecule has 2 aliphatic heterocycles. The van der Waals surface area contributed by atoms with Crippen LogP contribution in [-0.4, -0.2) is 59.7 Å². The topological polar surface area (TPSA) is 31.2 Å². The summed E-state index contributed by atoms with van der Waals surface area (Å²) in [6.07, 6.45) is 0. The molecule has 0 saturated carbocycles. The highest BCUT2D eigenvalue weighted by molar-refractivity contribution is 8.93. The molecule has 1 aromatic rings. The maximum absolute atomic E-state index is 12.9. The predicted octanol–water partition coefficient (Wildman–Crippen LogP) is 2.46. The molecule has 114 valence electrons. The average molecular weight is 373 g/mol. The Kier molecular flexibility index (Phi) is 5.78. The highest BCUT2D eigenvalue weighted by Crippen LogP contribution is 2.19. The smallest absolute Gasteiger partial charge is 0.186 e. The summed E-state index contributed by atoms with van der Waals surface area (Å²) < 4.78 is 12.9. The minimum absolute atomic E-state index is 0. The van der Waals surface area contributed by atoms with Crippen molar-refractivity contribution in [2.45, 2.75) is 0 Å². The SMILES string of the molecule is Br.CN1CCN(C2=NN=C(c3ccc(F)cc3)CS2)CC1. The fraction of sp³-hybridized carbons (Fsp3) is 0.429. The van der Waals surface area contributed by atoms with Crippen LogP contribution >= 0.6 is 28.7 Å². The highest BCUT2D eigenvalue weighted by atomic mass is 79.9. The second-order valence-electron chi connectivity index (χ2n) is 5.02. The fourth-order valence-corrected chi connectivity index (χ4v) is 3.18. The number of thioether (sulfide) groups is 1. The normalized spacial score (nSPS) is 19.6. The fourth-order valence-electron chi connectivity index (χ4n) is 2.23. The molecule has 0 aromatic heterocycles. The van der Waals surface area contributed by atoms with E-state index in [0.29, 0.717) is 0 Å². The molecule has 0 spiro atoms. The Labute approximate surface area is 138 Å². The molecule has 21 heavy (non-hydrogen) atoms. The van der Waals surface area contributed by atoms with Crippen molar-refractivity contribution in [1.29, 1.82) is 0 Å². The van der Waals surface area contributed by atoms with Crippen LogP contribution in [0.4, 0.5) is 4.39 Å². The maximum atomic E-state index is 12.9. The minimum Gasteiger partial charge on any atom is -0.347 e. The number of amidine groups is 1. The third-order valence-corrected chi connectivity index (χ3v) is 4.56. The number of nitrogens with zero attached hydrogens (tertiary/aromatic N) is 4. The number of hydrogen-bond donors (Lipinski definition) is 0. The Morgan fingerprint density at radius 2 is 1.71 bits per heavy atom. The summed E-state index contributed by atoms with van der Waals surface area (Å²) in [6, 6.07) is 6.43. The van der Waals surface area contributed by atoms with Gasteiger partial charge in [-0.3, -0.25) is 0 Å². The zero-order chi connectivity index (χ0) is 13.9. The number of likely N-dealkylation sites (N-methyl/N-ethyl adjacent to an activating group) is 1. The zero-order valence-corrected chi connectivity index (χ0v) is 14.4. The van der Waals surface area contributed by atoms with Gasteiger partial charge in [0.25, 0.3) is 0 Å². The van der Waals surface area contributed by atoms with Crippen molar-refractivity contribution in [2.75, 3.05) is 39.0 Å². The molecule has 0 aliphatic carbocycles. The van der Waals surface area contributed by atoms with Gasteiger partial charge in [0.2, 0.25) is 0 Å². The Morgan fingerprint density at radius 1 is 1.05 bits per heavy atom. The van der Waals surface area contributed by atoms with Crippen molar-refractivity contribution in [1.82, 2.24) is 9.80 Å². The monoisotopic (exact) mass is 372 g/mol. The van der Waals surface area contributed by atoms with Gasteiger partial charge < -0.3 is 9.80 Å². The van der Waals surface area contributed by atoms with Crippen molar-refractivity contribution in [3.8, 4) is 0 Å². The van der Waals surface area contributed by atoms with Gasteiger partial charge in [0, 0.05) is 31.9 Å². The van der Waals surface area contributed by atoms with Crippen molar-refractivity contribution in [3.63, 3.8) is 0 Å². The Bertz CT molecular complexity index is 538. The lowest BCUT2D eigenvalue weighted by atomic mass is 10.1. The van der Waals surface area contributed by atoms with E-state index in [0.717, 1.165) is 48.4 Å². The summed E-state index contributed by atoms with van der Waals surface area (Å²) in [5, 5.41) is 9.65. The molecular formula is C14H18BrFN4S. The van der Waals surface area contributed by atoms with Crippen molar-refractivity contribution < 1.29 is 4.39 Å². The van der Waals surface area contributed by atoms with Crippen LogP contribution in [-0.2, 0) is 0 Å². The van der Waals surface area contributed by atoms with Gasteiger partial charge in [-0.05, 0) is 24.7 Å². The van der Waals surface area contributed by atoms with Crippen LogP contribution in [0.5, 0.6) is 0 Å². The molecule has 1 aromatic carbocycles. The standard InChI is InChI=1S/C14H17FN4S.BrH/c1-18-6-8-19(9-7-18)14-17-16-13(10-20-14)11-2-4-12(15)5-3-11;/h2-5H,6-10H2,1H3;1H. The Balaban J connectivity index is 0.00000161. The van der Waals surface area contributed by atoms with E-state index in [1.165, 1.54) is 12.1 Å². The Morgan fingerprint density at radius 3 is 2.29 bits per heavy atom. The lowest BCUT2D eigenvalue weighted by Gasteiger charge is -2.34. The average Bonchev–Trinajstić information content (AvgIpc) is 2.49. The van der Waals surface area contributed by atoms with Crippen LogP contribution in [0.2, 0.25) is 0 Å². The quantitative estimate of drug-likeness (QED) is 0.758. The number of benzene rings is 1. The molecule has 7 heteroatoms. The van der Waals surface area contributed by atoms with Gasteiger partial charge >= 0.3 is 0 Å². The second kappa shape index (κ2) is 7.38. The van der Waals surface area contributed by atoms with E-state index in [1.807, 2.05) is 0 Å². The first-order chi connectivity index (χ1) is 9.72. The van der Waals surface area contributed by atoms with Crippen LogP contribution in [0.25, 0.3) is 0 Å². The number of halogens is 2. The summed E-state index contributed by atoms with van der Waals surface area (Å²) in [5.74, 6) is 0.566. The molecular weight excluding hydrogens is 355 g/mol. The lowest BCUT2D eigenvalue weighted by molar-refractivity contribution is 0.218. The molecule has 0 unspecified atom stereocenters. The van der Waals surface area contributed by atoms with Crippen LogP contribution in [0, 0.1) is 5.82 Å². The van der Waals surface area contributed by atoms with Gasteiger partial charge in [0.1, 0.15) is 5.82 Å². The van der Waals surface area contributed by atoms with E-state index in [9.17, 15) is 4.39 Å². The van der Waals surface area contributed by atoms with Crippen molar-refractivity contribution >= 4 is 39.6 Å². The van der Waals surface area contributed by atoms with E-state index < -0.39 is 0 Å². The number of rotatable bonds is 1. The van der Waals surface area contributed by atoms with E-state index in [2.05, 4.69) is 27.1 Å². The van der Waals surface area contributed by atoms with Crippen molar-refractivity contribution in [2.24, 2.45) is 10.2 Å². The van der Waals surface area contributed by atoms with Crippen LogP contribution in [0.15, 0.2) is 34.5 Å².